The number of hydrogen-bond donors (Lipinski definition) is 1. The van der Waals surface area contributed by atoms with E-state index in [9.17, 15) is 20.0 Å². The van der Waals surface area contributed by atoms with E-state index in [0.29, 0.717) is 13.1 Å². The highest BCUT2D eigenvalue weighted by Crippen LogP contribution is 2.29. The lowest BCUT2D eigenvalue weighted by Crippen LogP contribution is -2.38. The Morgan fingerprint density at radius 1 is 1.19 bits per heavy atom. The third-order valence-electron chi connectivity index (χ3n) is 4.85. The Bertz CT molecular complexity index is 1020. The molecule has 1 amide bonds. The third-order valence-corrected chi connectivity index (χ3v) is 4.85. The quantitative estimate of drug-likeness (QED) is 0.561. The van der Waals surface area contributed by atoms with Gasteiger partial charge in [0.25, 0.3) is 11.6 Å². The molecule has 27 heavy (non-hydrogen) atoms. The first-order chi connectivity index (χ1) is 13.0. The van der Waals surface area contributed by atoms with Crippen molar-refractivity contribution in [1.82, 2.24) is 19.5 Å². The van der Waals surface area contributed by atoms with Crippen molar-refractivity contribution in [2.45, 2.75) is 18.8 Å². The molecule has 3 heterocycles. The van der Waals surface area contributed by atoms with Crippen LogP contribution in [0.3, 0.4) is 0 Å². The van der Waals surface area contributed by atoms with Gasteiger partial charge in [0.05, 0.1) is 16.6 Å². The number of likely N-dealkylation sites (tertiary alicyclic amines) is 1. The zero-order valence-electron chi connectivity index (χ0n) is 14.4. The number of pyridine rings is 1. The SMILES string of the molecule is O=C(c1cc(O)cc([N+](=O)[O-])c1)N1CCC(c2nnc3ccccn23)CC1. The fourth-order valence-corrected chi connectivity index (χ4v) is 3.49. The predicted molar refractivity (Wildman–Crippen MR) is 95.6 cm³/mol. The van der Waals surface area contributed by atoms with Gasteiger partial charge in [-0.3, -0.25) is 19.3 Å². The summed E-state index contributed by atoms with van der Waals surface area (Å²) in [6.07, 6.45) is 3.37. The second kappa shape index (κ2) is 6.67. The van der Waals surface area contributed by atoms with E-state index < -0.39 is 4.92 Å². The Balaban J connectivity index is 1.49. The molecule has 0 atom stereocenters. The summed E-state index contributed by atoms with van der Waals surface area (Å²) in [6.45, 7) is 1.02. The number of benzene rings is 1. The van der Waals surface area contributed by atoms with E-state index in [4.69, 9.17) is 0 Å². The number of aromatic hydroxyl groups is 1. The summed E-state index contributed by atoms with van der Waals surface area (Å²) in [5.41, 5.74) is 0.606. The standard InChI is InChI=1S/C18H17N5O4/c24-15-10-13(9-14(11-15)23(26)27)18(25)21-7-4-12(5-8-21)17-20-19-16-3-1-2-6-22(16)17/h1-3,6,9-12,24H,4-5,7-8H2. The van der Waals surface area contributed by atoms with Gasteiger partial charge in [-0.05, 0) is 31.0 Å². The molecule has 1 N–H and O–H groups in total. The van der Waals surface area contributed by atoms with Crippen molar-refractivity contribution in [2.75, 3.05) is 13.1 Å². The molecule has 1 saturated heterocycles. The first-order valence-electron chi connectivity index (χ1n) is 8.60. The molecule has 138 valence electrons. The van der Waals surface area contributed by atoms with Crippen molar-refractivity contribution in [3.05, 3.63) is 64.1 Å². The molecule has 0 aliphatic carbocycles. The molecule has 1 aromatic carbocycles. The molecule has 4 rings (SSSR count). The lowest BCUT2D eigenvalue weighted by atomic mass is 9.95. The Hall–Kier alpha value is -3.49. The molecule has 9 heteroatoms. The summed E-state index contributed by atoms with van der Waals surface area (Å²) >= 11 is 0. The number of hydrogen-bond acceptors (Lipinski definition) is 6. The molecule has 2 aromatic heterocycles. The zero-order chi connectivity index (χ0) is 19.0. The number of piperidine rings is 1. The van der Waals surface area contributed by atoms with Crippen LogP contribution in [0.2, 0.25) is 0 Å². The first kappa shape index (κ1) is 17.0. The summed E-state index contributed by atoms with van der Waals surface area (Å²) in [4.78, 5) is 24.7. The average Bonchev–Trinajstić information content (AvgIpc) is 3.11. The van der Waals surface area contributed by atoms with E-state index in [1.807, 2.05) is 28.8 Å². The number of phenolic OH excluding ortho intramolecular Hbond substituents is 1. The summed E-state index contributed by atoms with van der Waals surface area (Å²) in [7, 11) is 0. The summed E-state index contributed by atoms with van der Waals surface area (Å²) in [5, 5.41) is 29.1. The monoisotopic (exact) mass is 367 g/mol. The molecule has 0 radical (unpaired) electrons. The van der Waals surface area contributed by atoms with Gasteiger partial charge in [0.1, 0.15) is 11.6 Å². The maximum atomic E-state index is 12.7. The zero-order valence-corrected chi connectivity index (χ0v) is 14.4. The number of fused-ring (bicyclic) bond motifs is 1. The molecule has 1 fully saturated rings. The molecule has 1 aliphatic heterocycles. The van der Waals surface area contributed by atoms with Crippen molar-refractivity contribution < 1.29 is 14.8 Å². The molecule has 1 aliphatic rings. The van der Waals surface area contributed by atoms with Crippen LogP contribution in [-0.2, 0) is 0 Å². The Kier molecular flexibility index (Phi) is 4.19. The summed E-state index contributed by atoms with van der Waals surface area (Å²) in [6, 6.07) is 9.20. The van der Waals surface area contributed by atoms with E-state index >= 15 is 0 Å². The number of carbonyl (C=O) groups excluding carboxylic acids is 1. The van der Waals surface area contributed by atoms with Gasteiger partial charge in [0, 0.05) is 31.3 Å². The maximum Gasteiger partial charge on any atom is 0.273 e. The van der Waals surface area contributed by atoms with Crippen LogP contribution in [0.1, 0.15) is 34.9 Å². The highest BCUT2D eigenvalue weighted by atomic mass is 16.6. The van der Waals surface area contributed by atoms with Crippen LogP contribution < -0.4 is 0 Å². The van der Waals surface area contributed by atoms with E-state index in [-0.39, 0.29) is 28.8 Å². The van der Waals surface area contributed by atoms with E-state index in [2.05, 4.69) is 10.2 Å². The number of rotatable bonds is 3. The van der Waals surface area contributed by atoms with Crippen LogP contribution in [0.5, 0.6) is 5.75 Å². The molecule has 0 unspecified atom stereocenters. The van der Waals surface area contributed by atoms with Gasteiger partial charge < -0.3 is 10.0 Å². The van der Waals surface area contributed by atoms with Crippen LogP contribution >= 0.6 is 0 Å². The second-order valence-electron chi connectivity index (χ2n) is 6.55. The van der Waals surface area contributed by atoms with Gasteiger partial charge in [-0.1, -0.05) is 6.07 Å². The Labute approximate surface area is 154 Å². The van der Waals surface area contributed by atoms with Gasteiger partial charge in [0.2, 0.25) is 0 Å². The normalized spacial score (nSPS) is 15.2. The summed E-state index contributed by atoms with van der Waals surface area (Å²) in [5.74, 6) is 0.451. The van der Waals surface area contributed by atoms with Crippen LogP contribution in [0, 0.1) is 10.1 Å². The lowest BCUT2D eigenvalue weighted by molar-refractivity contribution is -0.385. The lowest BCUT2D eigenvalue weighted by Gasteiger charge is -2.31. The Morgan fingerprint density at radius 2 is 1.96 bits per heavy atom. The topological polar surface area (TPSA) is 114 Å². The highest BCUT2D eigenvalue weighted by molar-refractivity contribution is 5.95. The number of nitrogens with zero attached hydrogens (tertiary/aromatic N) is 5. The van der Waals surface area contributed by atoms with Gasteiger partial charge in [0.15, 0.2) is 5.65 Å². The number of nitro groups is 1. The minimum absolute atomic E-state index is 0.119. The first-order valence-corrected chi connectivity index (χ1v) is 8.60. The highest BCUT2D eigenvalue weighted by Gasteiger charge is 2.28. The van der Waals surface area contributed by atoms with Crippen molar-refractivity contribution >= 4 is 17.2 Å². The fraction of sp³-hybridized carbons (Fsp3) is 0.278. The van der Waals surface area contributed by atoms with Gasteiger partial charge >= 0.3 is 0 Å². The Morgan fingerprint density at radius 3 is 2.70 bits per heavy atom. The number of phenols is 1. The van der Waals surface area contributed by atoms with Crippen LogP contribution in [0.15, 0.2) is 42.6 Å². The largest absolute Gasteiger partial charge is 0.508 e. The van der Waals surface area contributed by atoms with Gasteiger partial charge in [-0.25, -0.2) is 0 Å². The van der Waals surface area contributed by atoms with Gasteiger partial charge in [-0.15, -0.1) is 10.2 Å². The van der Waals surface area contributed by atoms with Gasteiger partial charge in [-0.2, -0.15) is 0 Å². The maximum absolute atomic E-state index is 12.7. The molecule has 9 nitrogen and oxygen atoms in total. The van der Waals surface area contributed by atoms with Crippen LogP contribution in [0.4, 0.5) is 5.69 Å². The van der Waals surface area contributed by atoms with Crippen molar-refractivity contribution in [2.24, 2.45) is 0 Å². The van der Waals surface area contributed by atoms with Crippen molar-refractivity contribution in [3.63, 3.8) is 0 Å². The molecule has 3 aromatic rings. The average molecular weight is 367 g/mol. The number of nitro benzene ring substituents is 1. The molecule has 0 bridgehead atoms. The predicted octanol–water partition coefficient (Wildman–Crippen LogP) is 2.36. The fourth-order valence-electron chi connectivity index (χ4n) is 3.49. The van der Waals surface area contributed by atoms with Crippen LogP contribution in [-0.4, -0.2) is 48.5 Å². The van der Waals surface area contributed by atoms with Crippen molar-refractivity contribution in [1.29, 1.82) is 0 Å². The number of carbonyl (C=O) groups is 1. The third kappa shape index (κ3) is 3.19. The van der Waals surface area contributed by atoms with Crippen LogP contribution in [0.25, 0.3) is 5.65 Å². The smallest absolute Gasteiger partial charge is 0.273 e. The number of amides is 1. The van der Waals surface area contributed by atoms with E-state index in [0.717, 1.165) is 30.4 Å². The second-order valence-corrected chi connectivity index (χ2v) is 6.55. The van der Waals surface area contributed by atoms with E-state index in [1.165, 1.54) is 12.1 Å². The number of non-ortho nitro benzene ring substituents is 1. The molecular formula is C18H17N5O4. The minimum Gasteiger partial charge on any atom is -0.508 e. The number of aromatic nitrogens is 3. The molecule has 0 spiro atoms. The molecular weight excluding hydrogens is 350 g/mol. The van der Waals surface area contributed by atoms with Crippen molar-refractivity contribution in [3.8, 4) is 5.75 Å². The summed E-state index contributed by atoms with van der Waals surface area (Å²) < 4.78 is 1.96. The molecule has 0 saturated carbocycles. The van der Waals surface area contributed by atoms with E-state index in [1.54, 1.807) is 4.90 Å². The minimum atomic E-state index is -0.626.